The van der Waals surface area contributed by atoms with Crippen molar-refractivity contribution in [3.05, 3.63) is 53.1 Å². The third-order valence-electron chi connectivity index (χ3n) is 3.70. The van der Waals surface area contributed by atoms with Gasteiger partial charge in [0.25, 0.3) is 5.91 Å². The fourth-order valence-corrected chi connectivity index (χ4v) is 2.29. The van der Waals surface area contributed by atoms with E-state index in [0.29, 0.717) is 23.7 Å². The molecular formula is C20H22N2O3. The Morgan fingerprint density at radius 3 is 2.64 bits per heavy atom. The minimum Gasteiger partial charge on any atom is -0.490 e. The van der Waals surface area contributed by atoms with E-state index in [9.17, 15) is 4.79 Å². The lowest BCUT2D eigenvalue weighted by molar-refractivity contribution is -0.122. The fraction of sp³-hybridized carbons (Fsp3) is 0.300. The number of amides is 1. The molecule has 130 valence electrons. The molecule has 0 heterocycles. The second kappa shape index (κ2) is 8.20. The lowest BCUT2D eigenvalue weighted by atomic mass is 10.1. The first-order chi connectivity index (χ1) is 11.9. The summed E-state index contributed by atoms with van der Waals surface area (Å²) in [6, 6.07) is 12.8. The minimum atomic E-state index is -0.716. The smallest absolute Gasteiger partial charge is 0.265 e. The summed E-state index contributed by atoms with van der Waals surface area (Å²) in [6.45, 7) is 7.87. The SMILES string of the molecule is CCOc1cc(C#N)ccc1O[C@@H](C)C(=O)Nc1cc(C)ccc1C. The molecule has 5 nitrogen and oxygen atoms in total. The summed E-state index contributed by atoms with van der Waals surface area (Å²) in [4.78, 5) is 12.4. The number of ether oxygens (including phenoxy) is 2. The average Bonchev–Trinajstić information content (AvgIpc) is 2.59. The number of hydrogen-bond donors (Lipinski definition) is 1. The highest BCUT2D eigenvalue weighted by Gasteiger charge is 2.18. The topological polar surface area (TPSA) is 71.3 Å². The lowest BCUT2D eigenvalue weighted by Crippen LogP contribution is -2.30. The molecule has 2 aromatic rings. The zero-order chi connectivity index (χ0) is 18.4. The normalized spacial score (nSPS) is 11.3. The molecule has 1 atom stereocenters. The summed E-state index contributed by atoms with van der Waals surface area (Å²) in [6.07, 6.45) is -0.716. The number of aryl methyl sites for hydroxylation is 2. The molecule has 0 aromatic heterocycles. The van der Waals surface area contributed by atoms with Gasteiger partial charge in [0.05, 0.1) is 18.2 Å². The summed E-state index contributed by atoms with van der Waals surface area (Å²) >= 11 is 0. The van der Waals surface area contributed by atoms with Crippen LogP contribution in [0.25, 0.3) is 0 Å². The molecule has 0 fully saturated rings. The summed E-state index contributed by atoms with van der Waals surface area (Å²) in [7, 11) is 0. The molecule has 5 heteroatoms. The van der Waals surface area contributed by atoms with Gasteiger partial charge in [-0.15, -0.1) is 0 Å². The number of benzene rings is 2. The Hall–Kier alpha value is -3.00. The van der Waals surface area contributed by atoms with Gasteiger partial charge in [-0.3, -0.25) is 4.79 Å². The number of nitriles is 1. The number of nitrogens with one attached hydrogen (secondary N) is 1. The van der Waals surface area contributed by atoms with E-state index in [-0.39, 0.29) is 5.91 Å². The first-order valence-electron chi connectivity index (χ1n) is 8.16. The molecule has 1 amide bonds. The number of hydrogen-bond acceptors (Lipinski definition) is 4. The number of carbonyl (C=O) groups is 1. The van der Waals surface area contributed by atoms with Crippen LogP contribution < -0.4 is 14.8 Å². The molecule has 25 heavy (non-hydrogen) atoms. The van der Waals surface area contributed by atoms with E-state index < -0.39 is 6.10 Å². The molecule has 0 radical (unpaired) electrons. The van der Waals surface area contributed by atoms with Crippen LogP contribution >= 0.6 is 0 Å². The molecule has 0 spiro atoms. The Kier molecular flexibility index (Phi) is 6.02. The average molecular weight is 338 g/mol. The van der Waals surface area contributed by atoms with Crippen molar-refractivity contribution in [2.24, 2.45) is 0 Å². The molecule has 0 bridgehead atoms. The quantitative estimate of drug-likeness (QED) is 0.865. The van der Waals surface area contributed by atoms with Crippen molar-refractivity contribution in [3.8, 4) is 17.6 Å². The highest BCUT2D eigenvalue weighted by molar-refractivity contribution is 5.94. The highest BCUT2D eigenvalue weighted by Crippen LogP contribution is 2.29. The Morgan fingerprint density at radius 2 is 1.96 bits per heavy atom. The first-order valence-corrected chi connectivity index (χ1v) is 8.16. The van der Waals surface area contributed by atoms with E-state index in [0.717, 1.165) is 16.8 Å². The number of carbonyl (C=O) groups excluding carboxylic acids is 1. The summed E-state index contributed by atoms with van der Waals surface area (Å²) in [5.41, 5.74) is 3.30. The second-order valence-corrected chi connectivity index (χ2v) is 5.77. The molecule has 2 aromatic carbocycles. The summed E-state index contributed by atoms with van der Waals surface area (Å²) in [5.74, 6) is 0.637. The van der Waals surface area contributed by atoms with Gasteiger partial charge in [-0.25, -0.2) is 0 Å². The third-order valence-corrected chi connectivity index (χ3v) is 3.70. The van der Waals surface area contributed by atoms with Gasteiger partial charge in [0.1, 0.15) is 0 Å². The predicted octanol–water partition coefficient (Wildman–Crippen LogP) is 3.98. The maximum atomic E-state index is 12.4. The molecule has 0 saturated carbocycles. The molecule has 1 N–H and O–H groups in total. The Labute approximate surface area is 148 Å². The molecular weight excluding hydrogens is 316 g/mol. The van der Waals surface area contributed by atoms with Crippen molar-refractivity contribution in [2.75, 3.05) is 11.9 Å². The molecule has 0 saturated heterocycles. The van der Waals surface area contributed by atoms with Crippen LogP contribution in [-0.2, 0) is 4.79 Å². The van der Waals surface area contributed by atoms with Gasteiger partial charge in [-0.05, 0) is 57.0 Å². The number of nitrogens with zero attached hydrogens (tertiary/aromatic N) is 1. The lowest BCUT2D eigenvalue weighted by Gasteiger charge is -2.18. The summed E-state index contributed by atoms with van der Waals surface area (Å²) in [5, 5.41) is 11.9. The third kappa shape index (κ3) is 4.74. The van der Waals surface area contributed by atoms with E-state index >= 15 is 0 Å². The van der Waals surface area contributed by atoms with Gasteiger partial charge >= 0.3 is 0 Å². The minimum absolute atomic E-state index is 0.250. The van der Waals surface area contributed by atoms with Crippen LogP contribution in [0.1, 0.15) is 30.5 Å². The van der Waals surface area contributed by atoms with Crippen molar-refractivity contribution in [3.63, 3.8) is 0 Å². The van der Waals surface area contributed by atoms with Crippen LogP contribution in [0, 0.1) is 25.2 Å². The van der Waals surface area contributed by atoms with E-state index in [2.05, 4.69) is 11.4 Å². The van der Waals surface area contributed by atoms with E-state index in [4.69, 9.17) is 14.7 Å². The zero-order valence-electron chi connectivity index (χ0n) is 14.9. The monoisotopic (exact) mass is 338 g/mol. The van der Waals surface area contributed by atoms with Gasteiger partial charge in [0.15, 0.2) is 17.6 Å². The number of rotatable bonds is 6. The van der Waals surface area contributed by atoms with Crippen LogP contribution in [0.3, 0.4) is 0 Å². The first kappa shape index (κ1) is 18.3. The maximum absolute atomic E-state index is 12.4. The van der Waals surface area contributed by atoms with Crippen LogP contribution in [-0.4, -0.2) is 18.6 Å². The predicted molar refractivity (Wildman–Crippen MR) is 97.0 cm³/mol. The standard InChI is InChI=1S/C20H22N2O3/c1-5-24-19-11-16(12-21)8-9-18(19)25-15(4)20(23)22-17-10-13(2)6-7-14(17)3/h6-11,15H,5H2,1-4H3,(H,22,23)/t15-/m0/s1. The Bertz CT molecular complexity index is 809. The van der Waals surface area contributed by atoms with Crippen LogP contribution in [0.15, 0.2) is 36.4 Å². The maximum Gasteiger partial charge on any atom is 0.265 e. The van der Waals surface area contributed by atoms with Crippen molar-refractivity contribution in [1.29, 1.82) is 5.26 Å². The van der Waals surface area contributed by atoms with Gasteiger partial charge in [0, 0.05) is 11.8 Å². The Morgan fingerprint density at radius 1 is 1.20 bits per heavy atom. The van der Waals surface area contributed by atoms with Gasteiger partial charge in [-0.1, -0.05) is 12.1 Å². The van der Waals surface area contributed by atoms with Crippen molar-refractivity contribution >= 4 is 11.6 Å². The Balaban J connectivity index is 2.13. The van der Waals surface area contributed by atoms with Crippen molar-refractivity contribution < 1.29 is 14.3 Å². The molecule has 2 rings (SSSR count). The fourth-order valence-electron chi connectivity index (χ4n) is 2.29. The number of anilines is 1. The largest absolute Gasteiger partial charge is 0.490 e. The molecule has 0 aliphatic rings. The van der Waals surface area contributed by atoms with E-state index in [1.165, 1.54) is 0 Å². The molecule has 0 aliphatic carbocycles. The van der Waals surface area contributed by atoms with E-state index in [1.54, 1.807) is 25.1 Å². The second-order valence-electron chi connectivity index (χ2n) is 5.77. The highest BCUT2D eigenvalue weighted by atomic mass is 16.5. The van der Waals surface area contributed by atoms with Crippen molar-refractivity contribution in [1.82, 2.24) is 0 Å². The van der Waals surface area contributed by atoms with Gasteiger partial charge in [-0.2, -0.15) is 5.26 Å². The van der Waals surface area contributed by atoms with Crippen LogP contribution in [0.4, 0.5) is 5.69 Å². The van der Waals surface area contributed by atoms with Crippen molar-refractivity contribution in [2.45, 2.75) is 33.8 Å². The van der Waals surface area contributed by atoms with Crippen LogP contribution in [0.5, 0.6) is 11.5 Å². The molecule has 0 aliphatic heterocycles. The summed E-state index contributed by atoms with van der Waals surface area (Å²) < 4.78 is 11.3. The molecule has 0 unspecified atom stereocenters. The van der Waals surface area contributed by atoms with Gasteiger partial charge in [0.2, 0.25) is 0 Å². The van der Waals surface area contributed by atoms with E-state index in [1.807, 2.05) is 39.0 Å². The van der Waals surface area contributed by atoms with Gasteiger partial charge < -0.3 is 14.8 Å². The van der Waals surface area contributed by atoms with Crippen LogP contribution in [0.2, 0.25) is 0 Å². The zero-order valence-corrected chi connectivity index (χ0v) is 14.9.